The maximum atomic E-state index is 10.5. The number of nitriles is 1. The lowest BCUT2D eigenvalue weighted by atomic mass is 10.3. The summed E-state index contributed by atoms with van der Waals surface area (Å²) in [7, 11) is 1.55. The summed E-state index contributed by atoms with van der Waals surface area (Å²) in [4.78, 5) is 15.8. The number of carbonyl (C=O) groups is 1. The second-order valence-electron chi connectivity index (χ2n) is 2.86. The zero-order chi connectivity index (χ0) is 11.4. The van der Waals surface area contributed by atoms with Gasteiger partial charge in [0.05, 0.1) is 5.56 Å². The number of pyridine rings is 1. The van der Waals surface area contributed by atoms with E-state index in [9.17, 15) is 4.79 Å². The summed E-state index contributed by atoms with van der Waals surface area (Å²) < 4.78 is 0. The molecule has 1 aromatic heterocycles. The van der Waals surface area contributed by atoms with Crippen molar-refractivity contribution in [2.24, 2.45) is 0 Å². The van der Waals surface area contributed by atoms with Gasteiger partial charge in [-0.1, -0.05) is 11.6 Å². The van der Waals surface area contributed by atoms with Crippen LogP contribution < -0.4 is 4.90 Å². The predicted octanol–water partition coefficient (Wildman–Crippen LogP) is 1.13. The van der Waals surface area contributed by atoms with Crippen LogP contribution in [-0.4, -0.2) is 29.7 Å². The summed E-state index contributed by atoms with van der Waals surface area (Å²) in [6.07, 6.45) is 1.41. The molecule has 6 heteroatoms. The van der Waals surface area contributed by atoms with E-state index >= 15 is 0 Å². The third-order valence-electron chi connectivity index (χ3n) is 1.73. The molecule has 0 unspecified atom stereocenters. The fraction of sp³-hybridized carbons (Fsp3) is 0.222. The lowest BCUT2D eigenvalue weighted by molar-refractivity contribution is -0.135. The van der Waals surface area contributed by atoms with E-state index in [2.05, 4.69) is 4.98 Å². The Hall–Kier alpha value is -1.80. The van der Waals surface area contributed by atoms with Crippen LogP contribution >= 0.6 is 11.6 Å². The van der Waals surface area contributed by atoms with Crippen LogP contribution in [0.2, 0.25) is 5.02 Å². The monoisotopic (exact) mass is 225 g/mol. The number of nitrogens with zero attached hydrogens (tertiary/aromatic N) is 3. The minimum Gasteiger partial charge on any atom is -0.480 e. The number of hydrogen-bond acceptors (Lipinski definition) is 4. The second kappa shape index (κ2) is 4.62. The Morgan fingerprint density at radius 1 is 1.80 bits per heavy atom. The molecule has 0 aliphatic heterocycles. The summed E-state index contributed by atoms with van der Waals surface area (Å²) in [5.74, 6) is -0.698. The van der Waals surface area contributed by atoms with Crippen molar-refractivity contribution in [1.29, 1.82) is 5.26 Å². The van der Waals surface area contributed by atoms with Crippen LogP contribution in [-0.2, 0) is 4.79 Å². The van der Waals surface area contributed by atoms with Crippen molar-refractivity contribution in [3.63, 3.8) is 0 Å². The minimum atomic E-state index is -0.988. The molecule has 1 aromatic rings. The highest BCUT2D eigenvalue weighted by atomic mass is 35.5. The maximum absolute atomic E-state index is 10.5. The Morgan fingerprint density at radius 3 is 3.00 bits per heavy atom. The predicted molar refractivity (Wildman–Crippen MR) is 54.9 cm³/mol. The van der Waals surface area contributed by atoms with Gasteiger partial charge in [-0.05, 0) is 6.07 Å². The summed E-state index contributed by atoms with van der Waals surface area (Å²) in [6.45, 7) is -0.221. The third kappa shape index (κ3) is 2.58. The fourth-order valence-electron chi connectivity index (χ4n) is 1.06. The standard InChI is InChI=1S/C9H8ClN3O2/c1-13(5-7(14)15)9-8(10)6(4-11)2-3-12-9/h2-3H,5H2,1H3,(H,14,15). The SMILES string of the molecule is CN(CC(=O)O)c1nccc(C#N)c1Cl. The minimum absolute atomic E-state index is 0.170. The summed E-state index contributed by atoms with van der Waals surface area (Å²) >= 11 is 5.87. The van der Waals surface area contributed by atoms with Gasteiger partial charge in [-0.25, -0.2) is 4.98 Å². The highest BCUT2D eigenvalue weighted by Crippen LogP contribution is 2.25. The second-order valence-corrected chi connectivity index (χ2v) is 3.24. The number of likely N-dealkylation sites (N-methyl/N-ethyl adjacent to an activating group) is 1. The molecule has 1 heterocycles. The van der Waals surface area contributed by atoms with Crippen LogP contribution in [0.5, 0.6) is 0 Å². The highest BCUT2D eigenvalue weighted by Gasteiger charge is 2.13. The molecule has 0 bridgehead atoms. The first kappa shape index (κ1) is 11.3. The summed E-state index contributed by atoms with van der Waals surface area (Å²) in [5.41, 5.74) is 0.277. The number of carboxylic acid groups (broad SMARTS) is 1. The summed E-state index contributed by atoms with van der Waals surface area (Å²) in [5, 5.41) is 17.5. The molecule has 0 saturated carbocycles. The van der Waals surface area contributed by atoms with E-state index < -0.39 is 5.97 Å². The van der Waals surface area contributed by atoms with Gasteiger partial charge in [-0.3, -0.25) is 4.79 Å². The summed E-state index contributed by atoms with van der Waals surface area (Å²) in [6, 6.07) is 3.37. The first-order valence-corrected chi connectivity index (χ1v) is 4.41. The fourth-order valence-corrected chi connectivity index (χ4v) is 1.36. The molecular weight excluding hydrogens is 218 g/mol. The van der Waals surface area contributed by atoms with E-state index in [1.54, 1.807) is 7.05 Å². The van der Waals surface area contributed by atoms with Crippen LogP contribution in [0.3, 0.4) is 0 Å². The first-order valence-electron chi connectivity index (χ1n) is 4.03. The van der Waals surface area contributed by atoms with Crippen molar-refractivity contribution in [2.75, 3.05) is 18.5 Å². The largest absolute Gasteiger partial charge is 0.480 e. The number of hydrogen-bond donors (Lipinski definition) is 1. The molecule has 0 aliphatic rings. The van der Waals surface area contributed by atoms with Gasteiger partial charge < -0.3 is 10.0 Å². The molecule has 0 aliphatic carbocycles. The third-order valence-corrected chi connectivity index (χ3v) is 2.10. The molecular formula is C9H8ClN3O2. The molecule has 0 saturated heterocycles. The molecule has 0 spiro atoms. The van der Waals surface area contributed by atoms with Crippen molar-refractivity contribution >= 4 is 23.4 Å². The number of aliphatic carboxylic acids is 1. The normalized spacial score (nSPS) is 9.40. The average Bonchev–Trinajstić information content (AvgIpc) is 2.17. The van der Waals surface area contributed by atoms with E-state index in [0.29, 0.717) is 0 Å². The number of aromatic nitrogens is 1. The highest BCUT2D eigenvalue weighted by molar-refractivity contribution is 6.34. The van der Waals surface area contributed by atoms with E-state index in [1.807, 2.05) is 6.07 Å². The van der Waals surface area contributed by atoms with Crippen molar-refractivity contribution in [1.82, 2.24) is 4.98 Å². The van der Waals surface area contributed by atoms with Gasteiger partial charge in [0, 0.05) is 13.2 Å². The van der Waals surface area contributed by atoms with Crippen molar-refractivity contribution in [3.05, 3.63) is 22.8 Å². The number of rotatable bonds is 3. The van der Waals surface area contributed by atoms with Crippen molar-refractivity contribution in [2.45, 2.75) is 0 Å². The molecule has 1 N–H and O–H groups in total. The zero-order valence-electron chi connectivity index (χ0n) is 7.94. The van der Waals surface area contributed by atoms with Crippen molar-refractivity contribution in [3.8, 4) is 6.07 Å². The Balaban J connectivity index is 3.05. The van der Waals surface area contributed by atoms with E-state index in [0.717, 1.165) is 0 Å². The molecule has 1 rings (SSSR count). The number of carboxylic acids is 1. The van der Waals surface area contributed by atoms with Crippen LogP contribution in [0, 0.1) is 11.3 Å². The average molecular weight is 226 g/mol. The number of anilines is 1. The van der Waals surface area contributed by atoms with Crippen LogP contribution in [0.25, 0.3) is 0 Å². The molecule has 15 heavy (non-hydrogen) atoms. The molecule has 0 fully saturated rings. The molecule has 0 aromatic carbocycles. The van der Waals surface area contributed by atoms with E-state index in [-0.39, 0.29) is 22.9 Å². The number of halogens is 1. The molecule has 5 nitrogen and oxygen atoms in total. The molecule has 0 amide bonds. The van der Waals surface area contributed by atoms with Crippen molar-refractivity contribution < 1.29 is 9.90 Å². The van der Waals surface area contributed by atoms with Crippen LogP contribution in [0.15, 0.2) is 12.3 Å². The smallest absolute Gasteiger partial charge is 0.323 e. The quantitative estimate of drug-likeness (QED) is 0.834. The molecule has 0 radical (unpaired) electrons. The van der Waals surface area contributed by atoms with Crippen LogP contribution in [0.1, 0.15) is 5.56 Å². The Kier molecular flexibility index (Phi) is 3.47. The van der Waals surface area contributed by atoms with Gasteiger partial charge in [0.2, 0.25) is 0 Å². The Bertz CT molecular complexity index is 428. The lowest BCUT2D eigenvalue weighted by Gasteiger charge is -2.16. The first-order chi connectivity index (χ1) is 7.06. The zero-order valence-corrected chi connectivity index (χ0v) is 8.69. The maximum Gasteiger partial charge on any atom is 0.323 e. The topological polar surface area (TPSA) is 77.2 Å². The lowest BCUT2D eigenvalue weighted by Crippen LogP contribution is -2.26. The van der Waals surface area contributed by atoms with Crippen LogP contribution in [0.4, 0.5) is 5.82 Å². The molecule has 78 valence electrons. The molecule has 0 atom stereocenters. The Labute approximate surface area is 91.5 Å². The van der Waals surface area contributed by atoms with Gasteiger partial charge in [-0.15, -0.1) is 0 Å². The van der Waals surface area contributed by atoms with Gasteiger partial charge in [0.15, 0.2) is 0 Å². The Morgan fingerprint density at radius 2 is 2.47 bits per heavy atom. The van der Waals surface area contributed by atoms with E-state index in [1.165, 1.54) is 17.2 Å². The van der Waals surface area contributed by atoms with Gasteiger partial charge in [0.25, 0.3) is 0 Å². The van der Waals surface area contributed by atoms with Gasteiger partial charge in [-0.2, -0.15) is 5.26 Å². The van der Waals surface area contributed by atoms with Gasteiger partial charge in [0.1, 0.15) is 23.5 Å². The van der Waals surface area contributed by atoms with E-state index in [4.69, 9.17) is 22.0 Å². The van der Waals surface area contributed by atoms with Gasteiger partial charge >= 0.3 is 5.97 Å².